The Morgan fingerprint density at radius 1 is 1.19 bits per heavy atom. The van der Waals surface area contributed by atoms with E-state index in [1.807, 2.05) is 48.2 Å². The lowest BCUT2D eigenvalue weighted by Crippen LogP contribution is -2.57. The molecule has 0 bridgehead atoms. The molecule has 2 aromatic rings. The van der Waals surface area contributed by atoms with Gasteiger partial charge in [0.25, 0.3) is 5.91 Å². The number of ether oxygens (including phenoxy) is 2. The van der Waals surface area contributed by atoms with Crippen LogP contribution in [0.5, 0.6) is 0 Å². The van der Waals surface area contributed by atoms with E-state index in [0.717, 1.165) is 41.8 Å². The standard InChI is InChI=1S/C21H24N2O3/c1-16-17(19-8-2-3-10-22-19)6-4-7-18(16)20(24)23-11-13-26-21(14-23)9-5-12-25-15-21/h2-4,6-8,10H,5,9,11-15H2,1H3. The van der Waals surface area contributed by atoms with Crippen LogP contribution >= 0.6 is 0 Å². The summed E-state index contributed by atoms with van der Waals surface area (Å²) in [4.78, 5) is 19.6. The molecule has 1 amide bonds. The van der Waals surface area contributed by atoms with Crippen LogP contribution in [0.3, 0.4) is 0 Å². The van der Waals surface area contributed by atoms with Gasteiger partial charge in [0.1, 0.15) is 5.60 Å². The minimum atomic E-state index is -0.335. The maximum absolute atomic E-state index is 13.2. The van der Waals surface area contributed by atoms with E-state index in [4.69, 9.17) is 9.47 Å². The summed E-state index contributed by atoms with van der Waals surface area (Å²) in [5, 5.41) is 0. The largest absolute Gasteiger partial charge is 0.378 e. The number of carbonyl (C=O) groups is 1. The van der Waals surface area contributed by atoms with Crippen molar-refractivity contribution in [1.29, 1.82) is 0 Å². The van der Waals surface area contributed by atoms with Gasteiger partial charge in [-0.05, 0) is 43.5 Å². The summed E-state index contributed by atoms with van der Waals surface area (Å²) < 4.78 is 11.6. The summed E-state index contributed by atoms with van der Waals surface area (Å²) in [5.74, 6) is 0.0635. The minimum absolute atomic E-state index is 0.0635. The Balaban J connectivity index is 1.60. The van der Waals surface area contributed by atoms with E-state index >= 15 is 0 Å². The zero-order valence-corrected chi connectivity index (χ0v) is 15.1. The van der Waals surface area contributed by atoms with E-state index in [2.05, 4.69) is 4.98 Å². The molecule has 2 saturated heterocycles. The van der Waals surface area contributed by atoms with E-state index < -0.39 is 0 Å². The van der Waals surface area contributed by atoms with Gasteiger partial charge in [0, 0.05) is 30.5 Å². The average molecular weight is 352 g/mol. The predicted molar refractivity (Wildman–Crippen MR) is 99.0 cm³/mol. The molecule has 1 unspecified atom stereocenters. The van der Waals surface area contributed by atoms with Crippen molar-refractivity contribution in [3.05, 3.63) is 53.7 Å². The predicted octanol–water partition coefficient (Wildman–Crippen LogP) is 3.08. The molecule has 26 heavy (non-hydrogen) atoms. The van der Waals surface area contributed by atoms with Crippen LogP contribution in [-0.2, 0) is 9.47 Å². The van der Waals surface area contributed by atoms with Crippen LogP contribution in [0.2, 0.25) is 0 Å². The van der Waals surface area contributed by atoms with Gasteiger partial charge in [-0.25, -0.2) is 0 Å². The van der Waals surface area contributed by atoms with E-state index in [9.17, 15) is 4.79 Å². The third-order valence-electron chi connectivity index (χ3n) is 5.33. The molecule has 4 rings (SSSR count). The monoisotopic (exact) mass is 352 g/mol. The Kier molecular flexibility index (Phi) is 4.74. The van der Waals surface area contributed by atoms with Crippen LogP contribution in [0.25, 0.3) is 11.3 Å². The lowest BCUT2D eigenvalue weighted by atomic mass is 9.93. The first-order valence-electron chi connectivity index (χ1n) is 9.21. The Morgan fingerprint density at radius 2 is 2.12 bits per heavy atom. The highest BCUT2D eigenvalue weighted by Gasteiger charge is 2.40. The molecule has 2 aliphatic heterocycles. The van der Waals surface area contributed by atoms with Crippen molar-refractivity contribution in [2.24, 2.45) is 0 Å². The number of hydrogen-bond acceptors (Lipinski definition) is 4. The molecule has 136 valence electrons. The van der Waals surface area contributed by atoms with E-state index in [1.54, 1.807) is 6.20 Å². The first-order valence-corrected chi connectivity index (χ1v) is 9.21. The Morgan fingerprint density at radius 3 is 2.88 bits per heavy atom. The Bertz CT molecular complexity index is 780. The lowest BCUT2D eigenvalue weighted by Gasteiger charge is -2.44. The smallest absolute Gasteiger partial charge is 0.254 e. The van der Waals surface area contributed by atoms with E-state index in [-0.39, 0.29) is 11.5 Å². The van der Waals surface area contributed by atoms with Gasteiger partial charge in [-0.1, -0.05) is 18.2 Å². The molecule has 1 aromatic carbocycles. The number of pyridine rings is 1. The summed E-state index contributed by atoms with van der Waals surface area (Å²) in [6.07, 6.45) is 3.71. The summed E-state index contributed by atoms with van der Waals surface area (Å²) in [6, 6.07) is 11.7. The highest BCUT2D eigenvalue weighted by Crippen LogP contribution is 2.30. The number of carbonyl (C=O) groups excluding carboxylic acids is 1. The summed E-state index contributed by atoms with van der Waals surface area (Å²) in [5.41, 5.74) is 3.26. The summed E-state index contributed by atoms with van der Waals surface area (Å²) >= 11 is 0. The summed E-state index contributed by atoms with van der Waals surface area (Å²) in [7, 11) is 0. The fourth-order valence-electron chi connectivity index (χ4n) is 3.92. The number of benzene rings is 1. The zero-order chi connectivity index (χ0) is 18.0. The van der Waals surface area contributed by atoms with Gasteiger partial charge in [-0.2, -0.15) is 0 Å². The molecule has 2 aliphatic rings. The van der Waals surface area contributed by atoms with Crippen LogP contribution in [0, 0.1) is 6.92 Å². The quantitative estimate of drug-likeness (QED) is 0.833. The van der Waals surface area contributed by atoms with Gasteiger partial charge >= 0.3 is 0 Å². The highest BCUT2D eigenvalue weighted by molar-refractivity contribution is 5.97. The van der Waals surface area contributed by atoms with Crippen molar-refractivity contribution in [3.8, 4) is 11.3 Å². The molecule has 1 spiro atoms. The second-order valence-corrected chi connectivity index (χ2v) is 7.11. The molecule has 1 aromatic heterocycles. The van der Waals surface area contributed by atoms with Crippen molar-refractivity contribution in [1.82, 2.24) is 9.88 Å². The molecule has 5 nitrogen and oxygen atoms in total. The van der Waals surface area contributed by atoms with E-state index in [1.165, 1.54) is 0 Å². The molecular formula is C21H24N2O3. The lowest BCUT2D eigenvalue weighted by molar-refractivity contribution is -0.160. The first kappa shape index (κ1) is 17.2. The molecule has 0 N–H and O–H groups in total. The molecule has 0 aliphatic carbocycles. The molecule has 5 heteroatoms. The molecule has 3 heterocycles. The second-order valence-electron chi connectivity index (χ2n) is 7.11. The van der Waals surface area contributed by atoms with Crippen molar-refractivity contribution < 1.29 is 14.3 Å². The SMILES string of the molecule is Cc1c(C(=O)N2CCOC3(CCCOC3)C2)cccc1-c1ccccn1. The van der Waals surface area contributed by atoms with Gasteiger partial charge in [-0.15, -0.1) is 0 Å². The maximum atomic E-state index is 13.2. The van der Waals surface area contributed by atoms with Crippen LogP contribution in [0.4, 0.5) is 0 Å². The van der Waals surface area contributed by atoms with Crippen molar-refractivity contribution >= 4 is 5.91 Å². The van der Waals surface area contributed by atoms with Crippen LogP contribution < -0.4 is 0 Å². The normalized spacial score (nSPS) is 23.2. The van der Waals surface area contributed by atoms with Crippen LogP contribution in [0.15, 0.2) is 42.6 Å². The van der Waals surface area contributed by atoms with E-state index in [0.29, 0.717) is 26.3 Å². The number of nitrogens with zero attached hydrogens (tertiary/aromatic N) is 2. The minimum Gasteiger partial charge on any atom is -0.378 e. The molecule has 2 fully saturated rings. The van der Waals surface area contributed by atoms with Crippen molar-refractivity contribution in [2.75, 3.05) is 32.9 Å². The third-order valence-corrected chi connectivity index (χ3v) is 5.33. The maximum Gasteiger partial charge on any atom is 0.254 e. The van der Waals surface area contributed by atoms with Gasteiger partial charge in [-0.3, -0.25) is 9.78 Å². The number of hydrogen-bond donors (Lipinski definition) is 0. The second kappa shape index (κ2) is 7.17. The Hall–Kier alpha value is -2.24. The molecular weight excluding hydrogens is 328 g/mol. The molecule has 0 saturated carbocycles. The van der Waals surface area contributed by atoms with Crippen LogP contribution in [0.1, 0.15) is 28.8 Å². The Labute approximate surface area is 153 Å². The van der Waals surface area contributed by atoms with Gasteiger partial charge < -0.3 is 14.4 Å². The molecule has 1 atom stereocenters. The fraction of sp³-hybridized carbons (Fsp3) is 0.429. The van der Waals surface area contributed by atoms with Crippen molar-refractivity contribution in [2.45, 2.75) is 25.4 Å². The first-order chi connectivity index (χ1) is 12.7. The molecule has 0 radical (unpaired) electrons. The van der Waals surface area contributed by atoms with Crippen molar-refractivity contribution in [3.63, 3.8) is 0 Å². The van der Waals surface area contributed by atoms with Gasteiger partial charge in [0.2, 0.25) is 0 Å². The zero-order valence-electron chi connectivity index (χ0n) is 15.1. The number of aromatic nitrogens is 1. The third kappa shape index (κ3) is 3.24. The number of rotatable bonds is 2. The van der Waals surface area contributed by atoms with Crippen LogP contribution in [-0.4, -0.2) is 54.3 Å². The fourth-order valence-corrected chi connectivity index (χ4v) is 3.92. The summed E-state index contributed by atoms with van der Waals surface area (Å²) in [6.45, 7) is 5.13. The average Bonchev–Trinajstić information content (AvgIpc) is 2.69. The highest BCUT2D eigenvalue weighted by atomic mass is 16.5. The number of morpholine rings is 1. The number of amides is 1. The van der Waals surface area contributed by atoms with Gasteiger partial charge in [0.15, 0.2) is 0 Å². The van der Waals surface area contributed by atoms with Gasteiger partial charge in [0.05, 0.1) is 25.5 Å². The topological polar surface area (TPSA) is 51.7 Å².